The van der Waals surface area contributed by atoms with Gasteiger partial charge in [0.25, 0.3) is 0 Å². The fraction of sp³-hybridized carbons (Fsp3) is 0.333. The molecule has 0 saturated heterocycles. The highest BCUT2D eigenvalue weighted by Gasteiger charge is 2.27. The van der Waals surface area contributed by atoms with E-state index in [0.717, 1.165) is 11.3 Å². The molecule has 1 amide bonds. The van der Waals surface area contributed by atoms with Gasteiger partial charge in [0, 0.05) is 6.42 Å². The van der Waals surface area contributed by atoms with Crippen molar-refractivity contribution in [1.29, 1.82) is 5.26 Å². The molecule has 0 bridgehead atoms. The van der Waals surface area contributed by atoms with Crippen molar-refractivity contribution in [3.8, 4) is 6.07 Å². The number of carbonyl (C=O) groups excluding carboxylic acids is 1. The van der Waals surface area contributed by atoms with E-state index in [9.17, 15) is 10.1 Å². The second kappa shape index (κ2) is 5.05. The Balaban J connectivity index is 2.39. The predicted octanol–water partition coefficient (Wildman–Crippen LogP) is 2.98. The van der Waals surface area contributed by atoms with Crippen LogP contribution in [0.2, 0.25) is 0 Å². The number of benzene rings is 1. The number of rotatable bonds is 2. The van der Waals surface area contributed by atoms with Gasteiger partial charge in [0.15, 0.2) is 0 Å². The van der Waals surface area contributed by atoms with E-state index in [0.29, 0.717) is 6.42 Å². The maximum Gasteiger partial charge on any atom is 0.228 e. The van der Waals surface area contributed by atoms with Crippen molar-refractivity contribution in [1.82, 2.24) is 0 Å². The minimum atomic E-state index is -0.494. The second-order valence-corrected chi connectivity index (χ2v) is 4.85. The van der Waals surface area contributed by atoms with Crippen molar-refractivity contribution in [2.45, 2.75) is 26.3 Å². The number of nitriles is 1. The molecule has 1 aliphatic rings. The monoisotopic (exact) mass is 240 g/mol. The molecule has 18 heavy (non-hydrogen) atoms. The summed E-state index contributed by atoms with van der Waals surface area (Å²) in [6.07, 6.45) is 4.14. The van der Waals surface area contributed by atoms with Crippen LogP contribution in [0.1, 0.15) is 25.8 Å². The molecule has 2 rings (SSSR count). The molecule has 1 aromatic carbocycles. The average Bonchev–Trinajstić information content (AvgIpc) is 2.36. The van der Waals surface area contributed by atoms with Crippen LogP contribution in [-0.4, -0.2) is 11.9 Å². The van der Waals surface area contributed by atoms with Gasteiger partial charge in [-0.3, -0.25) is 9.69 Å². The van der Waals surface area contributed by atoms with Gasteiger partial charge in [-0.1, -0.05) is 38.1 Å². The van der Waals surface area contributed by atoms with Gasteiger partial charge in [0.1, 0.15) is 6.04 Å². The Kier molecular flexibility index (Phi) is 3.47. The molecule has 0 saturated carbocycles. The van der Waals surface area contributed by atoms with Crippen molar-refractivity contribution < 1.29 is 4.79 Å². The maximum atomic E-state index is 12.3. The standard InChI is InChI=1S/C15H16N2O/c1-11(2)9-15(18)17-13(10-16)8-7-12-5-3-4-6-14(12)17/h3-8,11,13H,9H2,1-2H3/t13-/m1/s1. The molecule has 1 heterocycles. The number of hydrogen-bond acceptors (Lipinski definition) is 2. The molecule has 0 spiro atoms. The topological polar surface area (TPSA) is 44.1 Å². The lowest BCUT2D eigenvalue weighted by Gasteiger charge is -2.30. The van der Waals surface area contributed by atoms with Gasteiger partial charge in [-0.25, -0.2) is 0 Å². The van der Waals surface area contributed by atoms with Gasteiger partial charge in [-0.2, -0.15) is 5.26 Å². The molecule has 1 aromatic rings. The van der Waals surface area contributed by atoms with E-state index in [2.05, 4.69) is 6.07 Å². The van der Waals surface area contributed by atoms with Crippen LogP contribution in [-0.2, 0) is 4.79 Å². The van der Waals surface area contributed by atoms with Crippen molar-refractivity contribution in [3.05, 3.63) is 35.9 Å². The third-order valence-corrected chi connectivity index (χ3v) is 2.92. The first kappa shape index (κ1) is 12.4. The average molecular weight is 240 g/mol. The summed E-state index contributed by atoms with van der Waals surface area (Å²) >= 11 is 0. The molecular weight excluding hydrogens is 224 g/mol. The highest BCUT2D eigenvalue weighted by atomic mass is 16.2. The minimum absolute atomic E-state index is 0.00773. The molecule has 1 atom stereocenters. The summed E-state index contributed by atoms with van der Waals surface area (Å²) in [6, 6.07) is 9.34. The van der Waals surface area contributed by atoms with Crippen molar-refractivity contribution in [2.24, 2.45) is 5.92 Å². The lowest BCUT2D eigenvalue weighted by Crippen LogP contribution is -2.40. The number of amides is 1. The zero-order valence-electron chi connectivity index (χ0n) is 10.6. The van der Waals surface area contributed by atoms with Crippen LogP contribution in [0.15, 0.2) is 30.3 Å². The van der Waals surface area contributed by atoms with E-state index in [1.54, 1.807) is 11.0 Å². The lowest BCUT2D eigenvalue weighted by molar-refractivity contribution is -0.119. The number of nitrogens with zero attached hydrogens (tertiary/aromatic N) is 2. The van der Waals surface area contributed by atoms with E-state index in [-0.39, 0.29) is 11.8 Å². The number of hydrogen-bond donors (Lipinski definition) is 0. The fourth-order valence-corrected chi connectivity index (χ4v) is 2.12. The van der Waals surface area contributed by atoms with Gasteiger partial charge in [-0.15, -0.1) is 0 Å². The summed E-state index contributed by atoms with van der Waals surface area (Å²) in [6.45, 7) is 4.01. The van der Waals surface area contributed by atoms with E-state index in [1.165, 1.54) is 0 Å². The Morgan fingerprint density at radius 1 is 1.44 bits per heavy atom. The SMILES string of the molecule is CC(C)CC(=O)N1c2ccccc2C=C[C@@H]1C#N. The van der Waals surface area contributed by atoms with Crippen LogP contribution in [0.25, 0.3) is 6.08 Å². The second-order valence-electron chi connectivity index (χ2n) is 4.85. The molecule has 3 heteroatoms. The third kappa shape index (κ3) is 2.28. The molecule has 1 aliphatic heterocycles. The Hall–Kier alpha value is -2.08. The fourth-order valence-electron chi connectivity index (χ4n) is 2.12. The quantitative estimate of drug-likeness (QED) is 0.797. The Morgan fingerprint density at radius 3 is 2.83 bits per heavy atom. The number of carbonyl (C=O) groups is 1. The van der Waals surface area contributed by atoms with Gasteiger partial charge < -0.3 is 0 Å². The van der Waals surface area contributed by atoms with Crippen LogP contribution in [0.3, 0.4) is 0 Å². The summed E-state index contributed by atoms with van der Waals surface area (Å²) in [5.74, 6) is 0.295. The molecule has 0 aliphatic carbocycles. The van der Waals surface area contributed by atoms with Crippen LogP contribution in [0.4, 0.5) is 5.69 Å². The first-order chi connectivity index (χ1) is 8.63. The van der Waals surface area contributed by atoms with Crippen molar-refractivity contribution in [2.75, 3.05) is 4.90 Å². The van der Waals surface area contributed by atoms with Crippen LogP contribution >= 0.6 is 0 Å². The van der Waals surface area contributed by atoms with E-state index < -0.39 is 6.04 Å². The normalized spacial score (nSPS) is 17.4. The molecule has 92 valence electrons. The van der Waals surface area contributed by atoms with Gasteiger partial charge in [0.2, 0.25) is 5.91 Å². The zero-order chi connectivity index (χ0) is 13.1. The highest BCUT2D eigenvalue weighted by Crippen LogP contribution is 2.29. The largest absolute Gasteiger partial charge is 0.292 e. The van der Waals surface area contributed by atoms with Crippen LogP contribution in [0.5, 0.6) is 0 Å². The van der Waals surface area contributed by atoms with Crippen LogP contribution < -0.4 is 4.90 Å². The molecule has 0 N–H and O–H groups in total. The number of para-hydroxylation sites is 1. The van der Waals surface area contributed by atoms with Crippen molar-refractivity contribution >= 4 is 17.7 Å². The number of fused-ring (bicyclic) bond motifs is 1. The molecular formula is C15H16N2O. The summed E-state index contributed by atoms with van der Waals surface area (Å²) in [7, 11) is 0. The van der Waals surface area contributed by atoms with Crippen LogP contribution in [0, 0.1) is 17.2 Å². The molecule has 0 fully saturated rings. The summed E-state index contributed by atoms with van der Waals surface area (Å²) in [4.78, 5) is 13.9. The predicted molar refractivity (Wildman–Crippen MR) is 71.8 cm³/mol. The van der Waals surface area contributed by atoms with E-state index >= 15 is 0 Å². The molecule has 0 unspecified atom stereocenters. The molecule has 0 radical (unpaired) electrons. The van der Waals surface area contributed by atoms with Gasteiger partial charge in [-0.05, 0) is 23.6 Å². The minimum Gasteiger partial charge on any atom is -0.292 e. The summed E-state index contributed by atoms with van der Waals surface area (Å²) in [5.41, 5.74) is 1.82. The summed E-state index contributed by atoms with van der Waals surface area (Å²) in [5, 5.41) is 9.17. The van der Waals surface area contributed by atoms with Crippen molar-refractivity contribution in [3.63, 3.8) is 0 Å². The Morgan fingerprint density at radius 2 is 2.17 bits per heavy atom. The van der Waals surface area contributed by atoms with E-state index in [1.807, 2.05) is 44.2 Å². The first-order valence-electron chi connectivity index (χ1n) is 6.12. The summed E-state index contributed by atoms with van der Waals surface area (Å²) < 4.78 is 0. The maximum absolute atomic E-state index is 12.3. The smallest absolute Gasteiger partial charge is 0.228 e. The number of anilines is 1. The molecule has 0 aromatic heterocycles. The molecule has 3 nitrogen and oxygen atoms in total. The van der Waals surface area contributed by atoms with E-state index in [4.69, 9.17) is 0 Å². The lowest BCUT2D eigenvalue weighted by atomic mass is 10.0. The Labute approximate surface area is 107 Å². The van der Waals surface area contributed by atoms with Gasteiger partial charge in [0.05, 0.1) is 11.8 Å². The zero-order valence-corrected chi connectivity index (χ0v) is 10.6. The highest BCUT2D eigenvalue weighted by molar-refractivity contribution is 5.98. The van der Waals surface area contributed by atoms with Gasteiger partial charge >= 0.3 is 0 Å². The third-order valence-electron chi connectivity index (χ3n) is 2.92. The Bertz CT molecular complexity index is 526. The first-order valence-corrected chi connectivity index (χ1v) is 6.12.